The van der Waals surface area contributed by atoms with Gasteiger partial charge in [0.05, 0.1) is 18.8 Å². The maximum absolute atomic E-state index is 14.9. The Hall–Kier alpha value is -3.67. The first-order chi connectivity index (χ1) is 16.0. The molecule has 0 bridgehead atoms. The topological polar surface area (TPSA) is 115 Å². The molecule has 33 heavy (non-hydrogen) atoms. The third-order valence-electron chi connectivity index (χ3n) is 5.15. The molecule has 3 heterocycles. The molecule has 176 valence electrons. The summed E-state index contributed by atoms with van der Waals surface area (Å²) in [5.41, 5.74) is 0.222. The van der Waals surface area contributed by atoms with Crippen LogP contribution >= 0.6 is 0 Å². The lowest BCUT2D eigenvalue weighted by Crippen LogP contribution is -2.35. The summed E-state index contributed by atoms with van der Waals surface area (Å²) in [6, 6.07) is 3.64. The Kier molecular flexibility index (Phi) is 6.73. The molecule has 1 N–H and O–H groups in total. The predicted molar refractivity (Wildman–Crippen MR) is 109 cm³/mol. The maximum atomic E-state index is 14.9. The highest BCUT2D eigenvalue weighted by molar-refractivity contribution is 5.90. The van der Waals surface area contributed by atoms with Gasteiger partial charge in [0.15, 0.2) is 6.10 Å². The first kappa shape index (κ1) is 22.5. The van der Waals surface area contributed by atoms with E-state index in [0.29, 0.717) is 5.57 Å². The van der Waals surface area contributed by atoms with E-state index in [2.05, 4.69) is 9.68 Å². The SMILES string of the molecule is O=C(OCCO)N1CC=C(c2c(F)cc(N3C[C@H](COc4ccon4)OC3=O)cc2F)CC1. The molecule has 0 saturated carbocycles. The van der Waals surface area contributed by atoms with Crippen LogP contribution in [0.2, 0.25) is 0 Å². The van der Waals surface area contributed by atoms with Crippen molar-refractivity contribution >= 4 is 23.4 Å². The summed E-state index contributed by atoms with van der Waals surface area (Å²) in [5, 5.41) is 12.3. The van der Waals surface area contributed by atoms with Crippen LogP contribution in [0.4, 0.5) is 24.1 Å². The molecule has 0 aliphatic carbocycles. The molecule has 1 saturated heterocycles. The van der Waals surface area contributed by atoms with Crippen LogP contribution in [0.15, 0.2) is 35.1 Å². The van der Waals surface area contributed by atoms with E-state index >= 15 is 0 Å². The Morgan fingerprint density at radius 3 is 2.73 bits per heavy atom. The van der Waals surface area contributed by atoms with E-state index in [9.17, 15) is 18.4 Å². The van der Waals surface area contributed by atoms with E-state index in [-0.39, 0.29) is 63.0 Å². The number of halogens is 2. The van der Waals surface area contributed by atoms with Gasteiger partial charge < -0.3 is 28.7 Å². The van der Waals surface area contributed by atoms with Crippen LogP contribution in [0.25, 0.3) is 5.57 Å². The average molecular weight is 465 g/mol. The number of aliphatic hydroxyl groups excluding tert-OH is 1. The Balaban J connectivity index is 1.42. The summed E-state index contributed by atoms with van der Waals surface area (Å²) in [6.45, 7) is -0.0369. The van der Waals surface area contributed by atoms with Crippen LogP contribution < -0.4 is 9.64 Å². The molecule has 2 aliphatic rings. The fraction of sp³-hybridized carbons (Fsp3) is 0.381. The molecular formula is C21H21F2N3O7. The Morgan fingerprint density at radius 2 is 2.09 bits per heavy atom. The third kappa shape index (κ3) is 5.06. The molecule has 1 fully saturated rings. The first-order valence-corrected chi connectivity index (χ1v) is 10.2. The second kappa shape index (κ2) is 9.86. The number of rotatable bonds is 7. The van der Waals surface area contributed by atoms with Crippen molar-refractivity contribution in [1.29, 1.82) is 0 Å². The Bertz CT molecular complexity index is 1020. The fourth-order valence-corrected chi connectivity index (χ4v) is 3.58. The highest BCUT2D eigenvalue weighted by Crippen LogP contribution is 2.32. The minimum atomic E-state index is -0.831. The van der Waals surface area contributed by atoms with Gasteiger partial charge in [-0.15, -0.1) is 0 Å². The van der Waals surface area contributed by atoms with Gasteiger partial charge in [-0.3, -0.25) is 4.90 Å². The second-order valence-corrected chi connectivity index (χ2v) is 7.31. The quantitative estimate of drug-likeness (QED) is 0.664. The number of cyclic esters (lactones) is 1. The Labute approximate surface area is 186 Å². The number of nitrogens with zero attached hydrogens (tertiary/aromatic N) is 3. The number of benzene rings is 1. The first-order valence-electron chi connectivity index (χ1n) is 10.2. The number of ether oxygens (including phenoxy) is 3. The number of aromatic nitrogens is 1. The zero-order chi connectivity index (χ0) is 23.4. The van der Waals surface area contributed by atoms with E-state index in [0.717, 1.165) is 17.0 Å². The van der Waals surface area contributed by atoms with Gasteiger partial charge in [0, 0.05) is 24.7 Å². The van der Waals surface area contributed by atoms with Crippen LogP contribution in [-0.2, 0) is 9.47 Å². The van der Waals surface area contributed by atoms with Crippen LogP contribution in [0.3, 0.4) is 0 Å². The number of anilines is 1. The molecule has 2 aliphatic heterocycles. The number of aliphatic hydroxyl groups is 1. The molecule has 2 amide bonds. The number of hydrogen-bond acceptors (Lipinski definition) is 8. The largest absolute Gasteiger partial charge is 0.471 e. The molecule has 1 aromatic heterocycles. The molecule has 4 rings (SSSR count). The highest BCUT2D eigenvalue weighted by atomic mass is 19.1. The van der Waals surface area contributed by atoms with Gasteiger partial charge in [0.1, 0.15) is 31.1 Å². The zero-order valence-electron chi connectivity index (χ0n) is 17.4. The van der Waals surface area contributed by atoms with Crippen molar-refractivity contribution in [1.82, 2.24) is 10.1 Å². The van der Waals surface area contributed by atoms with E-state index < -0.39 is 29.9 Å². The van der Waals surface area contributed by atoms with Gasteiger partial charge in [-0.05, 0) is 29.3 Å². The minimum absolute atomic E-state index is 0.00193. The summed E-state index contributed by atoms with van der Waals surface area (Å²) < 4.78 is 49.8. The lowest BCUT2D eigenvalue weighted by Gasteiger charge is -2.26. The molecule has 1 atom stereocenters. The molecule has 0 spiro atoms. The van der Waals surface area contributed by atoms with Gasteiger partial charge in [-0.2, -0.15) is 0 Å². The van der Waals surface area contributed by atoms with Crippen LogP contribution in [-0.4, -0.2) is 72.9 Å². The van der Waals surface area contributed by atoms with Gasteiger partial charge in [-0.25, -0.2) is 18.4 Å². The second-order valence-electron chi connectivity index (χ2n) is 7.31. The molecule has 0 unspecified atom stereocenters. The van der Waals surface area contributed by atoms with Crippen LogP contribution in [0, 0.1) is 11.6 Å². The van der Waals surface area contributed by atoms with Crippen molar-refractivity contribution in [3.63, 3.8) is 0 Å². The monoisotopic (exact) mass is 465 g/mol. The third-order valence-corrected chi connectivity index (χ3v) is 5.15. The summed E-state index contributed by atoms with van der Waals surface area (Å²) in [4.78, 5) is 26.6. The van der Waals surface area contributed by atoms with Crippen molar-refractivity contribution in [3.8, 4) is 5.88 Å². The van der Waals surface area contributed by atoms with Gasteiger partial charge in [-0.1, -0.05) is 6.08 Å². The standard InChI is InChI=1S/C21H21F2N3O7/c22-16-9-14(26-11-15(33-21(26)29)12-31-18-3-7-32-24-18)10-17(23)19(16)13-1-4-25(5-2-13)20(28)30-8-6-27/h1,3,7,9-10,15,27H,2,4-6,8,11-12H2/t15-/m1/s1. The van der Waals surface area contributed by atoms with Crippen LogP contribution in [0.5, 0.6) is 5.88 Å². The lowest BCUT2D eigenvalue weighted by atomic mass is 9.98. The molecule has 2 aromatic rings. The van der Waals surface area contributed by atoms with Gasteiger partial charge in [0.25, 0.3) is 5.88 Å². The average Bonchev–Trinajstić information content (AvgIpc) is 3.45. The number of carbonyl (C=O) groups excluding carboxylic acids is 2. The minimum Gasteiger partial charge on any atom is -0.471 e. The number of amides is 2. The maximum Gasteiger partial charge on any atom is 0.414 e. The van der Waals surface area contributed by atoms with Gasteiger partial charge >= 0.3 is 12.2 Å². The molecule has 12 heteroatoms. The summed E-state index contributed by atoms with van der Waals surface area (Å²) in [6.07, 6.45) is 1.09. The van der Waals surface area contributed by atoms with Crippen molar-refractivity contribution in [2.45, 2.75) is 12.5 Å². The van der Waals surface area contributed by atoms with E-state index in [1.807, 2.05) is 0 Å². The Morgan fingerprint density at radius 1 is 1.30 bits per heavy atom. The predicted octanol–water partition coefficient (Wildman–Crippen LogP) is 2.58. The summed E-state index contributed by atoms with van der Waals surface area (Å²) in [7, 11) is 0. The summed E-state index contributed by atoms with van der Waals surface area (Å²) in [5.74, 6) is -1.43. The fourth-order valence-electron chi connectivity index (χ4n) is 3.58. The van der Waals surface area contributed by atoms with E-state index in [1.165, 1.54) is 17.2 Å². The highest BCUT2D eigenvalue weighted by Gasteiger charge is 2.34. The van der Waals surface area contributed by atoms with Crippen LogP contribution in [0.1, 0.15) is 12.0 Å². The van der Waals surface area contributed by atoms with Crippen molar-refractivity contribution < 1.29 is 42.2 Å². The molecular weight excluding hydrogens is 444 g/mol. The molecule has 10 nitrogen and oxygen atoms in total. The summed E-state index contributed by atoms with van der Waals surface area (Å²) >= 11 is 0. The normalized spacial score (nSPS) is 18.2. The number of hydrogen-bond donors (Lipinski definition) is 1. The number of carbonyl (C=O) groups is 2. The van der Waals surface area contributed by atoms with E-state index in [4.69, 9.17) is 19.3 Å². The molecule has 1 aromatic carbocycles. The van der Waals surface area contributed by atoms with Crippen molar-refractivity contribution in [2.75, 3.05) is 44.4 Å². The van der Waals surface area contributed by atoms with E-state index in [1.54, 1.807) is 6.08 Å². The van der Waals surface area contributed by atoms with Crippen molar-refractivity contribution in [2.24, 2.45) is 0 Å². The smallest absolute Gasteiger partial charge is 0.414 e. The van der Waals surface area contributed by atoms with Gasteiger partial charge in [0.2, 0.25) is 0 Å². The van der Waals surface area contributed by atoms with Crippen molar-refractivity contribution in [3.05, 3.63) is 47.7 Å². The molecule has 0 radical (unpaired) electrons. The zero-order valence-corrected chi connectivity index (χ0v) is 17.4. The lowest BCUT2D eigenvalue weighted by molar-refractivity contribution is 0.0871.